The Bertz CT molecular complexity index is 1040. The van der Waals surface area contributed by atoms with Crippen molar-refractivity contribution in [2.45, 2.75) is 39.0 Å². The Morgan fingerprint density at radius 2 is 2.15 bits per heavy atom. The van der Waals surface area contributed by atoms with Crippen LogP contribution in [0.3, 0.4) is 0 Å². The predicted octanol–water partition coefficient (Wildman–Crippen LogP) is 3.83. The maximum atomic E-state index is 13.6. The summed E-state index contributed by atoms with van der Waals surface area (Å²) in [6.07, 6.45) is 4.83. The van der Waals surface area contributed by atoms with Gasteiger partial charge in [0.2, 0.25) is 11.6 Å². The van der Waals surface area contributed by atoms with E-state index in [1.54, 1.807) is 12.1 Å². The van der Waals surface area contributed by atoms with Crippen LogP contribution in [-0.4, -0.2) is 20.7 Å². The van der Waals surface area contributed by atoms with E-state index < -0.39 is 11.4 Å². The molecular formula is C21H19FN4O. The zero-order valence-electron chi connectivity index (χ0n) is 15.5. The van der Waals surface area contributed by atoms with Crippen molar-refractivity contribution in [2.24, 2.45) is 11.8 Å². The van der Waals surface area contributed by atoms with Gasteiger partial charge in [-0.25, -0.2) is 19.8 Å². The van der Waals surface area contributed by atoms with E-state index in [9.17, 15) is 9.18 Å². The molecule has 2 aliphatic rings. The summed E-state index contributed by atoms with van der Waals surface area (Å²) in [4.78, 5) is 28.9. The molecule has 0 amide bonds. The molecule has 0 saturated heterocycles. The van der Waals surface area contributed by atoms with Crippen molar-refractivity contribution in [3.05, 3.63) is 64.4 Å². The Hall–Kier alpha value is -2.94. The van der Waals surface area contributed by atoms with Crippen molar-refractivity contribution in [3.8, 4) is 11.4 Å². The van der Waals surface area contributed by atoms with Crippen molar-refractivity contribution in [2.75, 3.05) is 0 Å². The number of fused-ring (bicyclic) bond motifs is 3. The van der Waals surface area contributed by atoms with Gasteiger partial charge in [-0.05, 0) is 37.3 Å². The highest BCUT2D eigenvalue weighted by atomic mass is 19.1. The molecule has 0 bridgehead atoms. The summed E-state index contributed by atoms with van der Waals surface area (Å²) in [5.74, 6) is -0.369. The fraction of sp³-hybridized carbons (Fsp3) is 0.381. The molecular weight excluding hydrogens is 343 g/mol. The van der Waals surface area contributed by atoms with Crippen LogP contribution in [0.1, 0.15) is 37.2 Å². The second-order valence-electron chi connectivity index (χ2n) is 7.55. The van der Waals surface area contributed by atoms with Crippen molar-refractivity contribution in [3.63, 3.8) is 0 Å². The minimum absolute atomic E-state index is 0.0827. The van der Waals surface area contributed by atoms with Gasteiger partial charge < -0.3 is 4.79 Å². The molecule has 0 aromatic carbocycles. The molecule has 0 fully saturated rings. The van der Waals surface area contributed by atoms with E-state index in [-0.39, 0.29) is 23.3 Å². The maximum Gasteiger partial charge on any atom is 0.226 e. The van der Waals surface area contributed by atoms with Crippen LogP contribution in [0.2, 0.25) is 0 Å². The highest BCUT2D eigenvalue weighted by molar-refractivity contribution is 6.00. The normalized spacial score (nSPS) is 26.6. The summed E-state index contributed by atoms with van der Waals surface area (Å²) in [6, 6.07) is 3.00. The fourth-order valence-corrected chi connectivity index (χ4v) is 4.59. The lowest BCUT2D eigenvalue weighted by Crippen LogP contribution is -2.46. The van der Waals surface area contributed by atoms with Crippen molar-refractivity contribution in [1.29, 1.82) is 0 Å². The predicted molar refractivity (Wildman–Crippen MR) is 98.0 cm³/mol. The van der Waals surface area contributed by atoms with E-state index in [1.807, 2.05) is 20.8 Å². The summed E-state index contributed by atoms with van der Waals surface area (Å²) >= 11 is 0. The van der Waals surface area contributed by atoms with Gasteiger partial charge in [-0.3, -0.25) is 0 Å². The average Bonchev–Trinajstić information content (AvgIpc) is 2.65. The van der Waals surface area contributed by atoms with Crippen LogP contribution in [0.4, 0.5) is 4.39 Å². The Morgan fingerprint density at radius 3 is 2.85 bits per heavy atom. The molecule has 136 valence electrons. The van der Waals surface area contributed by atoms with Crippen LogP contribution in [0.5, 0.6) is 0 Å². The Kier molecular flexibility index (Phi) is 3.92. The minimum Gasteiger partial charge on any atom is -0.308 e. The number of halogens is 1. The molecule has 5 nitrogen and oxygen atoms in total. The second-order valence-corrected chi connectivity index (χ2v) is 7.55. The largest absolute Gasteiger partial charge is 0.308 e. The average molecular weight is 362 g/mol. The summed E-state index contributed by atoms with van der Waals surface area (Å²) in [6.45, 7) is 13.3. The molecule has 27 heavy (non-hydrogen) atoms. The van der Waals surface area contributed by atoms with E-state index in [4.69, 9.17) is 11.6 Å². The molecule has 0 unspecified atom stereocenters. The van der Waals surface area contributed by atoms with Crippen molar-refractivity contribution < 1.29 is 9.18 Å². The van der Waals surface area contributed by atoms with Gasteiger partial charge in [-0.2, -0.15) is 4.39 Å². The van der Waals surface area contributed by atoms with E-state index in [1.165, 1.54) is 12.3 Å². The number of rotatable bonds is 1. The summed E-state index contributed by atoms with van der Waals surface area (Å²) in [5, 5.41) is 0. The first-order chi connectivity index (χ1) is 12.8. The van der Waals surface area contributed by atoms with E-state index in [0.717, 1.165) is 29.8 Å². The van der Waals surface area contributed by atoms with Crippen LogP contribution in [0, 0.1) is 31.3 Å². The van der Waals surface area contributed by atoms with Crippen molar-refractivity contribution in [1.82, 2.24) is 15.0 Å². The monoisotopic (exact) mass is 362 g/mol. The highest BCUT2D eigenvalue weighted by Gasteiger charge is 2.49. The maximum absolute atomic E-state index is 13.6. The second kappa shape index (κ2) is 6.05. The van der Waals surface area contributed by atoms with Gasteiger partial charge in [-0.15, -0.1) is 0 Å². The number of Topliss-reactive ketones (excluding diaryl/α,β-unsaturated/α-hetero) is 1. The zero-order chi connectivity index (χ0) is 19.3. The van der Waals surface area contributed by atoms with Crippen molar-refractivity contribution >= 4 is 5.78 Å². The van der Waals surface area contributed by atoms with E-state index in [0.29, 0.717) is 11.4 Å². The number of carbonyl (C=O) groups excluding carboxylic acids is 1. The third kappa shape index (κ3) is 2.57. The Morgan fingerprint density at radius 1 is 1.37 bits per heavy atom. The number of allylic oxidation sites excluding steroid dienone is 2. The Labute approximate surface area is 157 Å². The van der Waals surface area contributed by atoms with Gasteiger partial charge in [0.05, 0.1) is 12.3 Å². The van der Waals surface area contributed by atoms with E-state index in [2.05, 4.69) is 14.8 Å². The smallest absolute Gasteiger partial charge is 0.226 e. The minimum atomic E-state index is -0.581. The van der Waals surface area contributed by atoms with Crippen LogP contribution >= 0.6 is 0 Å². The summed E-state index contributed by atoms with van der Waals surface area (Å²) in [5.41, 5.74) is 2.99. The molecule has 2 heterocycles. The van der Waals surface area contributed by atoms with Crippen LogP contribution in [-0.2, 0) is 16.6 Å². The first-order valence-corrected chi connectivity index (χ1v) is 8.99. The number of hydrogen-bond acceptors (Lipinski definition) is 4. The van der Waals surface area contributed by atoms with Crippen LogP contribution < -0.4 is 0 Å². The fourth-order valence-electron chi connectivity index (χ4n) is 4.59. The molecule has 0 radical (unpaired) electrons. The van der Waals surface area contributed by atoms with Gasteiger partial charge >= 0.3 is 0 Å². The molecule has 0 aliphatic heterocycles. The number of hydrogen-bond donors (Lipinski definition) is 0. The first-order valence-electron chi connectivity index (χ1n) is 8.99. The number of aromatic nitrogens is 3. The van der Waals surface area contributed by atoms with Gasteiger partial charge in [0.15, 0.2) is 11.6 Å². The Balaban J connectivity index is 1.95. The third-order valence-corrected chi connectivity index (χ3v) is 6.01. The lowest BCUT2D eigenvalue weighted by atomic mass is 9.58. The molecule has 2 aromatic rings. The number of ketones is 1. The molecule has 0 N–H and O–H groups in total. The first kappa shape index (κ1) is 17.5. The number of carbonyl (C=O) groups is 1. The lowest BCUT2D eigenvalue weighted by Gasteiger charge is -2.46. The zero-order valence-corrected chi connectivity index (χ0v) is 15.5. The summed E-state index contributed by atoms with van der Waals surface area (Å²) in [7, 11) is 0. The van der Waals surface area contributed by atoms with Gasteiger partial charge in [0.25, 0.3) is 0 Å². The van der Waals surface area contributed by atoms with Crippen LogP contribution in [0.15, 0.2) is 30.1 Å². The number of pyridine rings is 1. The molecule has 0 spiro atoms. The van der Waals surface area contributed by atoms with Gasteiger partial charge in [0.1, 0.15) is 0 Å². The molecule has 6 heteroatoms. The molecule has 3 atom stereocenters. The molecule has 2 aliphatic carbocycles. The van der Waals surface area contributed by atoms with E-state index >= 15 is 0 Å². The SMILES string of the molecule is [C-]#[N+]C1=C[C@@]2(C)c3nc(-c4ccnc(F)c4)nc(C)c3CC[C@@H]2[C@@H](C)C1=O. The standard InChI is InChI=1S/C21H19FN4O/c1-11-15-6-5-14-12(2)25-20(13-7-8-24-17(22)9-13)26-19(14)21(15,3)10-16(23-4)18(11)27/h7-11,15H,5-6H2,1-3H3/t11-,15-,21-/m1/s1. The number of aryl methyl sites for hydroxylation is 1. The lowest BCUT2D eigenvalue weighted by molar-refractivity contribution is -0.121. The summed E-state index contributed by atoms with van der Waals surface area (Å²) < 4.78 is 13.6. The quantitative estimate of drug-likeness (QED) is 0.571. The molecule has 4 rings (SSSR count). The molecule has 0 saturated carbocycles. The number of nitrogens with zero attached hydrogens (tertiary/aromatic N) is 4. The van der Waals surface area contributed by atoms with Gasteiger partial charge in [0, 0.05) is 34.9 Å². The third-order valence-electron chi connectivity index (χ3n) is 6.01. The van der Waals surface area contributed by atoms with Gasteiger partial charge in [-0.1, -0.05) is 19.9 Å². The highest BCUT2D eigenvalue weighted by Crippen LogP contribution is 2.50. The molecule has 2 aromatic heterocycles. The topological polar surface area (TPSA) is 60.1 Å². The van der Waals surface area contributed by atoms with Crippen LogP contribution in [0.25, 0.3) is 16.2 Å².